The second-order valence-corrected chi connectivity index (χ2v) is 5.89. The van der Waals surface area contributed by atoms with Gasteiger partial charge >= 0.3 is 0 Å². The molecule has 0 aliphatic rings. The summed E-state index contributed by atoms with van der Waals surface area (Å²) < 4.78 is 5.73. The lowest BCUT2D eigenvalue weighted by Crippen LogP contribution is -2.29. The zero-order valence-electron chi connectivity index (χ0n) is 11.5. The Bertz CT molecular complexity index is 536. The SMILES string of the molecule is Cc1sccc1C(NN)c1cccc(OC(C)C)c1. The predicted octanol–water partition coefficient (Wildman–Crippen LogP) is 3.40. The molecule has 0 fully saturated rings. The van der Waals surface area contributed by atoms with Crippen molar-refractivity contribution in [3.05, 3.63) is 51.7 Å². The van der Waals surface area contributed by atoms with Crippen LogP contribution >= 0.6 is 11.3 Å². The van der Waals surface area contributed by atoms with E-state index in [4.69, 9.17) is 10.6 Å². The van der Waals surface area contributed by atoms with Gasteiger partial charge in [0.2, 0.25) is 0 Å². The van der Waals surface area contributed by atoms with Crippen LogP contribution in [0.15, 0.2) is 35.7 Å². The highest BCUT2D eigenvalue weighted by Crippen LogP contribution is 2.29. The molecular formula is C15H20N2OS. The predicted molar refractivity (Wildman–Crippen MR) is 80.4 cm³/mol. The first-order valence-corrected chi connectivity index (χ1v) is 7.26. The van der Waals surface area contributed by atoms with Gasteiger partial charge in [-0.1, -0.05) is 12.1 Å². The highest BCUT2D eigenvalue weighted by atomic mass is 32.1. The van der Waals surface area contributed by atoms with Gasteiger partial charge in [0.25, 0.3) is 0 Å². The second-order valence-electron chi connectivity index (χ2n) is 4.77. The molecule has 19 heavy (non-hydrogen) atoms. The van der Waals surface area contributed by atoms with Crippen molar-refractivity contribution < 1.29 is 4.74 Å². The summed E-state index contributed by atoms with van der Waals surface area (Å²) in [4.78, 5) is 1.28. The first-order valence-electron chi connectivity index (χ1n) is 6.38. The third-order valence-electron chi connectivity index (χ3n) is 2.94. The molecule has 0 saturated heterocycles. The molecule has 1 unspecified atom stereocenters. The lowest BCUT2D eigenvalue weighted by Gasteiger charge is -2.18. The lowest BCUT2D eigenvalue weighted by atomic mass is 10.00. The summed E-state index contributed by atoms with van der Waals surface area (Å²) in [6.45, 7) is 6.15. The highest BCUT2D eigenvalue weighted by Gasteiger charge is 2.16. The first kappa shape index (κ1) is 14.1. The van der Waals surface area contributed by atoms with Gasteiger partial charge in [0, 0.05) is 4.88 Å². The van der Waals surface area contributed by atoms with Crippen molar-refractivity contribution in [3.8, 4) is 5.75 Å². The van der Waals surface area contributed by atoms with Crippen molar-refractivity contribution in [2.45, 2.75) is 32.9 Å². The van der Waals surface area contributed by atoms with E-state index in [-0.39, 0.29) is 12.1 Å². The van der Waals surface area contributed by atoms with Crippen LogP contribution in [-0.2, 0) is 0 Å². The molecule has 2 aromatic rings. The smallest absolute Gasteiger partial charge is 0.120 e. The molecule has 0 amide bonds. The van der Waals surface area contributed by atoms with Gasteiger partial charge in [-0.15, -0.1) is 11.3 Å². The molecule has 1 aromatic heterocycles. The second kappa shape index (κ2) is 6.19. The van der Waals surface area contributed by atoms with E-state index in [1.165, 1.54) is 10.4 Å². The number of nitrogens with two attached hydrogens (primary N) is 1. The monoisotopic (exact) mass is 276 g/mol. The highest BCUT2D eigenvalue weighted by molar-refractivity contribution is 7.10. The van der Waals surface area contributed by atoms with Crippen LogP contribution in [0.25, 0.3) is 0 Å². The molecule has 0 aliphatic heterocycles. The minimum atomic E-state index is 0.00182. The van der Waals surface area contributed by atoms with Crippen LogP contribution in [0.4, 0.5) is 0 Å². The third-order valence-corrected chi connectivity index (χ3v) is 3.80. The number of benzene rings is 1. The first-order chi connectivity index (χ1) is 9.11. The van der Waals surface area contributed by atoms with Crippen molar-refractivity contribution in [3.63, 3.8) is 0 Å². The largest absolute Gasteiger partial charge is 0.491 e. The number of nitrogens with one attached hydrogen (secondary N) is 1. The van der Waals surface area contributed by atoms with Crippen LogP contribution < -0.4 is 16.0 Å². The van der Waals surface area contributed by atoms with Crippen LogP contribution in [0.5, 0.6) is 5.75 Å². The molecule has 1 aromatic carbocycles. The summed E-state index contributed by atoms with van der Waals surface area (Å²) in [6.07, 6.45) is 0.169. The van der Waals surface area contributed by atoms with E-state index in [2.05, 4.69) is 29.9 Å². The molecule has 0 radical (unpaired) electrons. The van der Waals surface area contributed by atoms with Crippen LogP contribution in [0, 0.1) is 6.92 Å². The molecular weight excluding hydrogens is 256 g/mol. The van der Waals surface area contributed by atoms with E-state index in [1.807, 2.05) is 32.0 Å². The number of aryl methyl sites for hydroxylation is 1. The number of hydrogen-bond acceptors (Lipinski definition) is 4. The van der Waals surface area contributed by atoms with E-state index in [0.29, 0.717) is 0 Å². The Hall–Kier alpha value is -1.36. The minimum Gasteiger partial charge on any atom is -0.491 e. The van der Waals surface area contributed by atoms with Crippen LogP contribution in [0.2, 0.25) is 0 Å². The Balaban J connectivity index is 2.31. The Kier molecular flexibility index (Phi) is 4.58. The summed E-state index contributed by atoms with van der Waals surface area (Å²) in [7, 11) is 0. The summed E-state index contributed by atoms with van der Waals surface area (Å²) >= 11 is 1.73. The molecule has 3 nitrogen and oxygen atoms in total. The average Bonchev–Trinajstić information content (AvgIpc) is 2.77. The normalized spacial score (nSPS) is 12.7. The lowest BCUT2D eigenvalue weighted by molar-refractivity contribution is 0.242. The average molecular weight is 276 g/mol. The van der Waals surface area contributed by atoms with Crippen LogP contribution in [0.3, 0.4) is 0 Å². The van der Waals surface area contributed by atoms with Crippen LogP contribution in [-0.4, -0.2) is 6.10 Å². The maximum absolute atomic E-state index is 5.73. The molecule has 2 rings (SSSR count). The summed E-state index contributed by atoms with van der Waals surface area (Å²) in [5, 5.41) is 2.09. The zero-order chi connectivity index (χ0) is 13.8. The van der Waals surface area contributed by atoms with E-state index in [1.54, 1.807) is 11.3 Å². The fourth-order valence-corrected chi connectivity index (χ4v) is 2.84. The number of hydrogen-bond donors (Lipinski definition) is 2. The molecule has 0 spiro atoms. The summed E-state index contributed by atoms with van der Waals surface area (Å²) in [5.74, 6) is 6.61. The van der Waals surface area contributed by atoms with Gasteiger partial charge < -0.3 is 4.74 Å². The fraction of sp³-hybridized carbons (Fsp3) is 0.333. The van der Waals surface area contributed by atoms with Gasteiger partial charge in [-0.25, -0.2) is 5.43 Å². The fourth-order valence-electron chi connectivity index (χ4n) is 2.10. The van der Waals surface area contributed by atoms with Crippen LogP contribution in [0.1, 0.15) is 35.9 Å². The molecule has 0 bridgehead atoms. The topological polar surface area (TPSA) is 47.3 Å². The summed E-state index contributed by atoms with van der Waals surface area (Å²) in [5.41, 5.74) is 5.22. The van der Waals surface area contributed by atoms with Crippen molar-refractivity contribution in [2.75, 3.05) is 0 Å². The maximum Gasteiger partial charge on any atom is 0.120 e. The van der Waals surface area contributed by atoms with Gasteiger partial charge in [-0.05, 0) is 55.5 Å². The zero-order valence-corrected chi connectivity index (χ0v) is 12.3. The molecule has 0 saturated carbocycles. The van der Waals surface area contributed by atoms with Crippen molar-refractivity contribution in [2.24, 2.45) is 5.84 Å². The molecule has 1 heterocycles. The van der Waals surface area contributed by atoms with E-state index >= 15 is 0 Å². The Labute approximate surface area is 118 Å². The molecule has 102 valence electrons. The molecule has 3 N–H and O–H groups in total. The van der Waals surface area contributed by atoms with Gasteiger partial charge in [-0.2, -0.15) is 0 Å². The van der Waals surface area contributed by atoms with Crippen molar-refractivity contribution in [1.29, 1.82) is 0 Å². The quantitative estimate of drug-likeness (QED) is 0.650. The number of thiophene rings is 1. The maximum atomic E-state index is 5.73. The van der Waals surface area contributed by atoms with Gasteiger partial charge in [0.1, 0.15) is 5.75 Å². The van der Waals surface area contributed by atoms with E-state index < -0.39 is 0 Å². The van der Waals surface area contributed by atoms with Crippen molar-refractivity contribution >= 4 is 11.3 Å². The standard InChI is InChI=1S/C15H20N2OS/c1-10(2)18-13-6-4-5-12(9-13)15(17-16)14-7-8-19-11(14)3/h4-10,15,17H,16H2,1-3H3. The van der Waals surface area contributed by atoms with Crippen molar-refractivity contribution in [1.82, 2.24) is 5.43 Å². The van der Waals surface area contributed by atoms with Gasteiger partial charge in [0.05, 0.1) is 12.1 Å². The van der Waals surface area contributed by atoms with Gasteiger partial charge in [0.15, 0.2) is 0 Å². The van der Waals surface area contributed by atoms with E-state index in [0.717, 1.165) is 11.3 Å². The molecule has 4 heteroatoms. The van der Waals surface area contributed by atoms with E-state index in [9.17, 15) is 0 Å². The molecule has 1 atom stereocenters. The molecule has 0 aliphatic carbocycles. The minimum absolute atomic E-state index is 0.00182. The number of ether oxygens (including phenoxy) is 1. The Morgan fingerprint density at radius 3 is 2.63 bits per heavy atom. The third kappa shape index (κ3) is 3.35. The number of rotatable bonds is 5. The summed E-state index contributed by atoms with van der Waals surface area (Å²) in [6, 6.07) is 10.2. The number of hydrazine groups is 1. The Morgan fingerprint density at radius 1 is 1.26 bits per heavy atom. The van der Waals surface area contributed by atoms with Gasteiger partial charge in [-0.3, -0.25) is 5.84 Å². The Morgan fingerprint density at radius 2 is 2.05 bits per heavy atom.